The van der Waals surface area contributed by atoms with Gasteiger partial charge in [-0.1, -0.05) is 143 Å². The molecule has 35 atom stereocenters. The Hall–Kier alpha value is -2.69. The first kappa shape index (κ1) is 101. The molecule has 0 aliphatic carbocycles. The molecule has 0 aromatic heterocycles. The van der Waals surface area contributed by atoms with E-state index in [1.165, 1.54) is 0 Å². The largest absolute Gasteiger partial charge is 0.408 e. The van der Waals surface area contributed by atoms with Gasteiger partial charge in [-0.3, -0.25) is 19.2 Å². The van der Waals surface area contributed by atoms with Gasteiger partial charge in [0.15, 0.2) is 30.7 Å². The van der Waals surface area contributed by atoms with Crippen molar-refractivity contribution in [2.75, 3.05) is 6.61 Å². The van der Waals surface area contributed by atoms with E-state index in [-0.39, 0.29) is 192 Å². The topological polar surface area (TPSA) is 278 Å². The van der Waals surface area contributed by atoms with Crippen LogP contribution in [0.4, 0.5) is 0 Å². The molecule has 710 valence electrons. The lowest BCUT2D eigenvalue weighted by atomic mass is 9.78. The van der Waals surface area contributed by atoms with E-state index in [0.29, 0.717) is 88.9 Å². The third kappa shape index (κ3) is 24.3. The highest BCUT2D eigenvalue weighted by Gasteiger charge is 2.61. The van der Waals surface area contributed by atoms with Crippen molar-refractivity contribution in [3.05, 3.63) is 60.8 Å². The number of carbonyl (C=O) groups excluding carboxylic acids is 4. The fraction of sp³-hybridized carbons (Fsp3) is 0.860. The Morgan fingerprint density at radius 2 is 0.848 bits per heavy atom. The number of ketones is 4. The van der Waals surface area contributed by atoms with Crippen LogP contribution in [0.25, 0.3) is 0 Å². The molecule has 12 saturated heterocycles. The number of carbonyl (C=O) groups is 4. The van der Waals surface area contributed by atoms with E-state index in [0.717, 1.165) is 80.1 Å². The van der Waals surface area contributed by atoms with E-state index in [2.05, 4.69) is 169 Å². The van der Waals surface area contributed by atoms with Gasteiger partial charge in [0.1, 0.15) is 72.3 Å². The average Bonchev–Trinajstić information content (AvgIpc) is 1.65. The summed E-state index contributed by atoms with van der Waals surface area (Å²) in [7, 11) is -7.52. The van der Waals surface area contributed by atoms with Crippen molar-refractivity contribution in [1.29, 1.82) is 0 Å². The fourth-order valence-electron chi connectivity index (χ4n) is 21.6. The molecule has 0 amide bonds. The van der Waals surface area contributed by atoms with E-state index >= 15 is 0 Å². The maximum absolute atomic E-state index is 14.8. The summed E-state index contributed by atoms with van der Waals surface area (Å²) in [4.78, 5) is 55.9. The van der Waals surface area contributed by atoms with Crippen molar-refractivity contribution in [1.82, 2.24) is 0 Å². The minimum atomic E-state index is -2.54. The molecule has 0 aromatic carbocycles. The maximum Gasteiger partial charge on any atom is 0.193 e. The molecule has 0 spiro atoms. The van der Waals surface area contributed by atoms with Gasteiger partial charge in [-0.25, -0.2) is 0 Å². The highest BCUT2D eigenvalue weighted by molar-refractivity contribution is 6.75. The number of hydrogen-bond donors (Lipinski definition) is 4. The summed E-state index contributed by atoms with van der Waals surface area (Å²) in [5.74, 6) is 1.41. The van der Waals surface area contributed by atoms with E-state index in [1.54, 1.807) is 6.08 Å². The molecule has 125 heavy (non-hydrogen) atoms. The molecule has 16 bridgehead atoms. The summed E-state index contributed by atoms with van der Waals surface area (Å²) in [6.07, 6.45) is 7.48. The van der Waals surface area contributed by atoms with Crippen molar-refractivity contribution < 1.29 is 105 Å². The van der Waals surface area contributed by atoms with E-state index in [1.807, 2.05) is 6.08 Å². The Bertz CT molecular complexity index is 3730. The first-order valence-corrected chi connectivity index (χ1v) is 57.6. The van der Waals surface area contributed by atoms with Gasteiger partial charge >= 0.3 is 0 Å². The van der Waals surface area contributed by atoms with Gasteiger partial charge in [0.05, 0.1) is 123 Å². The standard InChI is InChI=1S/C60H106O10Si3.C40H60O12/c1-22-37(2)31-51-41(6)47-35-43(62)34-46-27-30-49-54(65-46)56(69-72(18,19)59(10,11)12)57(70-73(20,21)60(13,14)15)55(67-49)50(68-71(16,17)58(7,8)9)28-24-42(61)23-25-44-33-39(4)48(63-44)29-26-45-32-38(3)40(5)52(64-45)36-53(47)66-51;1-19-11-27-7-9-30-20(2)12-26(47-30)6-5-23(42)15-35-36(45)39-40(52-35)37(46)38-31(51-39)10-8-28(49-38)13-24(43)14-29-22(4)32(16-25(44)18-41)50-34(29)17-33(48-27)21(19)3/h24,28,37-38,41,44-57H,4-5,22-23,25-27,29-36H2,1-3,6-21H3;19,22,25-41,44-46H,2-3,5-18H2,1,4H3/b28-24+;/t37-,38-,41-,44+,45+,46-,47?,48?,49+,50+,51-,52-,53+,54+,55+,56+,57-;19-,22-,25+,26+,27+,28?,29-,30?,31+,32-,33-,34?,35-,36+,37+,38+,39+,40+/m11/s1. The van der Waals surface area contributed by atoms with Crippen molar-refractivity contribution in [2.24, 2.45) is 41.4 Å². The van der Waals surface area contributed by atoms with Gasteiger partial charge in [-0.2, -0.15) is 0 Å². The van der Waals surface area contributed by atoms with Crippen molar-refractivity contribution in [3.63, 3.8) is 0 Å². The molecule has 0 saturated carbocycles. The second kappa shape index (κ2) is 41.7. The molecule has 4 N–H and O–H groups in total. The number of hydrogen-bond acceptors (Lipinski definition) is 22. The van der Waals surface area contributed by atoms with Crippen LogP contribution in [0.5, 0.6) is 0 Å². The Kier molecular flexibility index (Phi) is 33.8. The SMILES string of the molecule is C=C1C[C@@H]2CCC(=O)/C=C/[C@H](O[Si](C)(C)C(C)(C)C)[C@@H]3O[C@H]4CC[C@H](CC(=O)CC5[C@H](C[C@H]6O[C@@H](CCC1O2)C[C@@H](C)C6=C)O[C@H](C[C@H](C)CC)[C@@H]5C)O[C@@H]4[C@H](O[Si](C)(C)C(C)(C)C)[C@@H]3O[Si](C)(C)C(C)(C)C.C=C1C[C@@H]2CCC(=O)C[C@H]3O[C@H]4[C@@H](O)[C@H]5OC(CC[C@@H]5O[C@H]4[C@H]3O)CC(=O)C[C@H]3C(C[C@H]4O[C@@H](CCC1O2)C[C@@H](C)C4=C)O[C@H](C[C@H](O)CO)[C@@H]3C. The van der Waals surface area contributed by atoms with E-state index in [9.17, 15) is 39.6 Å². The predicted octanol–water partition coefficient (Wildman–Crippen LogP) is 17.3. The van der Waals surface area contributed by atoms with Crippen LogP contribution in [-0.2, 0) is 84.6 Å². The number of aliphatic hydroxyl groups is 4. The molecule has 0 radical (unpaired) electrons. The predicted molar refractivity (Wildman–Crippen MR) is 491 cm³/mol. The van der Waals surface area contributed by atoms with Gasteiger partial charge in [0.25, 0.3) is 0 Å². The summed E-state index contributed by atoms with van der Waals surface area (Å²) in [5.41, 5.74) is 4.27. The summed E-state index contributed by atoms with van der Waals surface area (Å²) >= 11 is 0. The third-order valence-corrected chi connectivity index (χ3v) is 46.6. The maximum atomic E-state index is 14.8. The highest BCUT2D eigenvalue weighted by atomic mass is 28.4. The average molecular weight is 1800 g/mol. The molecular weight excluding hydrogens is 1640 g/mol. The fourth-order valence-corrected chi connectivity index (χ4v) is 25.5. The second-order valence-electron chi connectivity index (χ2n) is 45.6. The zero-order valence-electron chi connectivity index (χ0n) is 80.4. The van der Waals surface area contributed by atoms with Crippen LogP contribution in [0.1, 0.15) is 271 Å². The molecule has 5 unspecified atom stereocenters. The summed E-state index contributed by atoms with van der Waals surface area (Å²) in [6.45, 7) is 65.0. The van der Waals surface area contributed by atoms with Crippen molar-refractivity contribution in [2.45, 2.75) is 496 Å². The molecule has 0 aromatic rings. The Balaban J connectivity index is 0.000000240. The summed E-state index contributed by atoms with van der Waals surface area (Å²) in [6, 6.07) is 0. The Morgan fingerprint density at radius 3 is 1.34 bits per heavy atom. The number of rotatable bonds is 12. The number of aliphatic hydroxyl groups excluding tert-OH is 4. The third-order valence-electron chi connectivity index (χ3n) is 33.2. The molecule has 15 rings (SSSR count). The van der Waals surface area contributed by atoms with Gasteiger partial charge < -0.3 is 85.8 Å². The lowest BCUT2D eigenvalue weighted by molar-refractivity contribution is -0.266. The van der Waals surface area contributed by atoms with Crippen molar-refractivity contribution >= 4 is 48.1 Å². The van der Waals surface area contributed by atoms with Gasteiger partial charge in [-0.05, 0) is 221 Å². The zero-order valence-corrected chi connectivity index (χ0v) is 83.4. The molecule has 15 aliphatic heterocycles. The molecule has 25 heteroatoms. The van der Waals surface area contributed by atoms with Gasteiger partial charge in [0, 0.05) is 64.2 Å². The molecule has 15 heterocycles. The number of ether oxygens (including phenoxy) is 11. The minimum Gasteiger partial charge on any atom is -0.408 e. The van der Waals surface area contributed by atoms with Crippen LogP contribution in [-0.4, -0.2) is 246 Å². The van der Waals surface area contributed by atoms with Crippen LogP contribution in [0, 0.1) is 41.4 Å². The lowest BCUT2D eigenvalue weighted by Crippen LogP contribution is -2.69. The number of allylic oxidation sites excluding steroid dienone is 1. The van der Waals surface area contributed by atoms with Crippen LogP contribution in [0.2, 0.25) is 54.4 Å². The van der Waals surface area contributed by atoms with Crippen LogP contribution in [0.15, 0.2) is 60.8 Å². The molecule has 22 nitrogen and oxygen atoms in total. The zero-order chi connectivity index (χ0) is 91.2. The first-order valence-electron chi connectivity index (χ1n) is 48.9. The number of fused-ring (bicyclic) bond motifs is 9. The minimum absolute atomic E-state index is 0.00785. The number of Topliss-reactive ketones (excluding diaryl/α,β-unsaturated/α-hetero) is 3. The Labute approximate surface area is 753 Å². The normalized spacial score (nSPS) is 42.4. The van der Waals surface area contributed by atoms with Crippen LogP contribution in [0.3, 0.4) is 0 Å². The first-order chi connectivity index (χ1) is 58.5. The monoisotopic (exact) mass is 1800 g/mol. The summed E-state index contributed by atoms with van der Waals surface area (Å²) in [5, 5.41) is 42.1. The Morgan fingerprint density at radius 1 is 0.432 bits per heavy atom. The highest BCUT2D eigenvalue weighted by Crippen LogP contribution is 2.52. The van der Waals surface area contributed by atoms with Gasteiger partial charge in [-0.15, -0.1) is 0 Å². The molecule has 12 fully saturated rings. The molecular formula is C100H166O22Si3. The molecule has 15 aliphatic rings. The lowest BCUT2D eigenvalue weighted by Gasteiger charge is -2.56. The summed E-state index contributed by atoms with van der Waals surface area (Å²) < 4.78 is 96.8. The van der Waals surface area contributed by atoms with E-state index in [4.69, 9.17) is 65.4 Å². The van der Waals surface area contributed by atoms with Crippen LogP contribution < -0.4 is 0 Å². The quantitative estimate of drug-likeness (QED) is 0.104. The van der Waals surface area contributed by atoms with E-state index < -0.39 is 110 Å². The van der Waals surface area contributed by atoms with Gasteiger partial charge in [0.2, 0.25) is 0 Å². The second-order valence-corrected chi connectivity index (χ2v) is 59.9. The smallest absolute Gasteiger partial charge is 0.193 e. The van der Waals surface area contributed by atoms with Crippen molar-refractivity contribution in [3.8, 4) is 0 Å². The van der Waals surface area contributed by atoms with Crippen LogP contribution >= 0.6 is 0 Å².